The van der Waals surface area contributed by atoms with Crippen molar-refractivity contribution in [2.24, 2.45) is 0 Å². The fraction of sp³-hybridized carbons (Fsp3) is 0.444. The van der Waals surface area contributed by atoms with Crippen molar-refractivity contribution in [1.29, 1.82) is 0 Å². The van der Waals surface area contributed by atoms with Crippen LogP contribution in [0.4, 0.5) is 5.69 Å². The summed E-state index contributed by atoms with van der Waals surface area (Å²) in [5, 5.41) is 0.0158. The molecule has 26 heavy (non-hydrogen) atoms. The van der Waals surface area contributed by atoms with Crippen molar-refractivity contribution < 1.29 is 13.2 Å². The van der Waals surface area contributed by atoms with E-state index >= 15 is 0 Å². The highest BCUT2D eigenvalue weighted by Crippen LogP contribution is 2.32. The fourth-order valence-electron chi connectivity index (χ4n) is 3.80. The molecular weight excluding hydrogens is 352 g/mol. The summed E-state index contributed by atoms with van der Waals surface area (Å²) in [4.78, 5) is 18.7. The van der Waals surface area contributed by atoms with E-state index in [0.29, 0.717) is 13.1 Å². The highest BCUT2D eigenvalue weighted by atomic mass is 32.2. The van der Waals surface area contributed by atoms with Crippen LogP contribution in [-0.4, -0.2) is 47.3 Å². The van der Waals surface area contributed by atoms with Gasteiger partial charge < -0.3 is 9.47 Å². The molecule has 1 aromatic carbocycles. The molecule has 1 unspecified atom stereocenters. The number of rotatable bonds is 4. The number of hydrogen-bond donors (Lipinski definition) is 0. The Morgan fingerprint density at radius 1 is 1.23 bits per heavy atom. The van der Waals surface area contributed by atoms with E-state index in [1.807, 2.05) is 31.2 Å². The second-order valence-corrected chi connectivity index (χ2v) is 8.83. The number of fused-ring (bicyclic) bond motifs is 1. The highest BCUT2D eigenvalue weighted by molar-refractivity contribution is 7.89. The second kappa shape index (κ2) is 6.51. The van der Waals surface area contributed by atoms with Crippen molar-refractivity contribution in [3.63, 3.8) is 0 Å². The molecule has 3 heterocycles. The van der Waals surface area contributed by atoms with Gasteiger partial charge in [-0.25, -0.2) is 13.4 Å². The van der Waals surface area contributed by atoms with E-state index in [-0.39, 0.29) is 23.5 Å². The van der Waals surface area contributed by atoms with Crippen molar-refractivity contribution in [1.82, 2.24) is 13.9 Å². The average Bonchev–Trinajstić information content (AvgIpc) is 3.33. The van der Waals surface area contributed by atoms with Crippen LogP contribution in [0.2, 0.25) is 0 Å². The molecule has 1 atom stereocenters. The summed E-state index contributed by atoms with van der Waals surface area (Å²) in [6.45, 7) is 3.17. The van der Waals surface area contributed by atoms with Gasteiger partial charge in [-0.1, -0.05) is 18.2 Å². The van der Waals surface area contributed by atoms with Gasteiger partial charge in [-0.2, -0.15) is 4.31 Å². The molecule has 7 nitrogen and oxygen atoms in total. The van der Waals surface area contributed by atoms with Crippen molar-refractivity contribution in [3.05, 3.63) is 42.4 Å². The van der Waals surface area contributed by atoms with Gasteiger partial charge in [0.1, 0.15) is 6.54 Å². The maximum absolute atomic E-state index is 12.8. The number of sulfonamides is 1. The number of para-hydroxylation sites is 1. The molecule has 1 saturated heterocycles. The molecule has 8 heteroatoms. The summed E-state index contributed by atoms with van der Waals surface area (Å²) >= 11 is 0. The van der Waals surface area contributed by atoms with Gasteiger partial charge in [0, 0.05) is 31.0 Å². The van der Waals surface area contributed by atoms with E-state index in [4.69, 9.17) is 0 Å². The Bertz CT molecular complexity index is 931. The van der Waals surface area contributed by atoms with E-state index < -0.39 is 10.0 Å². The zero-order valence-electron chi connectivity index (χ0n) is 14.7. The third-order valence-corrected chi connectivity index (χ3v) is 6.86. The lowest BCUT2D eigenvalue weighted by atomic mass is 10.1. The minimum absolute atomic E-state index is 0.0158. The van der Waals surface area contributed by atoms with E-state index in [1.165, 1.54) is 16.8 Å². The van der Waals surface area contributed by atoms with Crippen LogP contribution in [0.25, 0.3) is 0 Å². The van der Waals surface area contributed by atoms with Gasteiger partial charge in [-0.15, -0.1) is 0 Å². The van der Waals surface area contributed by atoms with E-state index in [9.17, 15) is 13.2 Å². The van der Waals surface area contributed by atoms with Gasteiger partial charge in [0.05, 0.1) is 6.33 Å². The summed E-state index contributed by atoms with van der Waals surface area (Å²) in [7, 11) is -3.56. The Kier molecular flexibility index (Phi) is 4.32. The Morgan fingerprint density at radius 2 is 1.96 bits per heavy atom. The van der Waals surface area contributed by atoms with Crippen LogP contribution < -0.4 is 4.90 Å². The largest absolute Gasteiger partial charge is 0.327 e. The zero-order chi connectivity index (χ0) is 18.3. The SMILES string of the molecule is CC1Cc2ccccc2N1C(=O)Cn1cnc(S(=O)(=O)N2CCCC2)c1. The Hall–Kier alpha value is -2.19. The maximum Gasteiger partial charge on any atom is 0.262 e. The summed E-state index contributed by atoms with van der Waals surface area (Å²) in [6.07, 6.45) is 5.47. The molecule has 1 fully saturated rings. The van der Waals surface area contributed by atoms with Gasteiger partial charge in [0.25, 0.3) is 10.0 Å². The Morgan fingerprint density at radius 3 is 2.73 bits per heavy atom. The van der Waals surface area contributed by atoms with Gasteiger partial charge in [0.2, 0.25) is 5.91 Å². The third-order valence-electron chi connectivity index (χ3n) is 5.07. The summed E-state index contributed by atoms with van der Waals surface area (Å²) in [5.41, 5.74) is 2.10. The normalized spacial score (nSPS) is 20.5. The van der Waals surface area contributed by atoms with E-state index in [0.717, 1.165) is 30.5 Å². The smallest absolute Gasteiger partial charge is 0.262 e. The molecule has 1 aromatic heterocycles. The first-order chi connectivity index (χ1) is 12.5. The molecule has 2 aromatic rings. The molecule has 0 bridgehead atoms. The number of amides is 1. The molecule has 0 spiro atoms. The summed E-state index contributed by atoms with van der Waals surface area (Å²) in [6, 6.07) is 7.99. The summed E-state index contributed by atoms with van der Waals surface area (Å²) < 4.78 is 28.1. The fourth-order valence-corrected chi connectivity index (χ4v) is 5.25. The zero-order valence-corrected chi connectivity index (χ0v) is 15.5. The molecule has 0 N–H and O–H groups in total. The van der Waals surface area contributed by atoms with Crippen LogP contribution in [0, 0.1) is 0 Å². The first kappa shape index (κ1) is 17.2. The summed E-state index contributed by atoms with van der Waals surface area (Å²) in [5.74, 6) is -0.0648. The quantitative estimate of drug-likeness (QED) is 0.815. The van der Waals surface area contributed by atoms with Crippen LogP contribution in [0.3, 0.4) is 0 Å². The van der Waals surface area contributed by atoms with Crippen molar-refractivity contribution >= 4 is 21.6 Å². The van der Waals surface area contributed by atoms with Gasteiger partial charge in [-0.3, -0.25) is 4.79 Å². The minimum atomic E-state index is -3.56. The number of aromatic nitrogens is 2. The number of benzene rings is 1. The minimum Gasteiger partial charge on any atom is -0.327 e. The van der Waals surface area contributed by atoms with Gasteiger partial charge in [-0.05, 0) is 37.8 Å². The number of carbonyl (C=O) groups is 1. The van der Waals surface area contributed by atoms with Crippen LogP contribution >= 0.6 is 0 Å². The van der Waals surface area contributed by atoms with E-state index in [1.54, 1.807) is 9.47 Å². The standard InChI is InChI=1S/C18H22N4O3S/c1-14-10-15-6-2-3-7-16(15)22(14)18(23)12-20-11-17(19-13-20)26(24,25)21-8-4-5-9-21/h2-3,6-7,11,13-14H,4-5,8-10,12H2,1H3. The van der Waals surface area contributed by atoms with Gasteiger partial charge in [0.15, 0.2) is 5.03 Å². The van der Waals surface area contributed by atoms with Crippen LogP contribution in [0.15, 0.2) is 41.8 Å². The molecule has 2 aliphatic rings. The highest BCUT2D eigenvalue weighted by Gasteiger charge is 2.32. The molecule has 138 valence electrons. The number of nitrogens with zero attached hydrogens (tertiary/aromatic N) is 4. The number of imidazole rings is 1. The second-order valence-electron chi connectivity index (χ2n) is 6.94. The number of hydrogen-bond acceptors (Lipinski definition) is 4. The lowest BCUT2D eigenvalue weighted by Crippen LogP contribution is -2.37. The van der Waals surface area contributed by atoms with Gasteiger partial charge >= 0.3 is 0 Å². The van der Waals surface area contributed by atoms with E-state index in [2.05, 4.69) is 4.98 Å². The Labute approximate surface area is 153 Å². The van der Waals surface area contributed by atoms with Crippen LogP contribution in [0.5, 0.6) is 0 Å². The molecule has 4 rings (SSSR count). The molecule has 0 radical (unpaired) electrons. The molecule has 0 aliphatic carbocycles. The lowest BCUT2D eigenvalue weighted by molar-refractivity contribution is -0.119. The maximum atomic E-state index is 12.8. The van der Waals surface area contributed by atoms with Crippen LogP contribution in [0.1, 0.15) is 25.3 Å². The topological polar surface area (TPSA) is 75.5 Å². The average molecular weight is 374 g/mol. The predicted molar refractivity (Wildman–Crippen MR) is 97.3 cm³/mol. The van der Waals surface area contributed by atoms with Crippen LogP contribution in [-0.2, 0) is 27.8 Å². The number of anilines is 1. The molecule has 2 aliphatic heterocycles. The predicted octanol–water partition coefficient (Wildman–Crippen LogP) is 1.65. The monoisotopic (exact) mass is 374 g/mol. The lowest BCUT2D eigenvalue weighted by Gasteiger charge is -2.22. The molecular formula is C18H22N4O3S. The number of carbonyl (C=O) groups excluding carboxylic acids is 1. The molecule has 1 amide bonds. The first-order valence-electron chi connectivity index (χ1n) is 8.89. The first-order valence-corrected chi connectivity index (χ1v) is 10.3. The van der Waals surface area contributed by atoms with Crippen molar-refractivity contribution in [3.8, 4) is 0 Å². The van der Waals surface area contributed by atoms with Crippen molar-refractivity contribution in [2.45, 2.75) is 43.8 Å². The third kappa shape index (κ3) is 2.93. The van der Waals surface area contributed by atoms with Crippen molar-refractivity contribution in [2.75, 3.05) is 18.0 Å². The Balaban J connectivity index is 1.52. The molecule has 0 saturated carbocycles.